The maximum Gasteiger partial charge on any atom is 0.407 e. The first-order valence-corrected chi connectivity index (χ1v) is 18.7. The number of amides is 3. The smallest absolute Gasteiger partial charge is 0.407 e. The van der Waals surface area contributed by atoms with E-state index in [1.54, 1.807) is 25.7 Å². The number of piperidine rings is 1. The van der Waals surface area contributed by atoms with E-state index in [1.807, 2.05) is 42.7 Å². The molecule has 4 heterocycles. The molecule has 0 unspecified atom stereocenters. The maximum atomic E-state index is 14.3. The minimum atomic E-state index is -0.716. The van der Waals surface area contributed by atoms with Crippen molar-refractivity contribution < 1.29 is 33.0 Å². The SMILES string of the molecule is CCC1(CC)OC(=O)c2cc3cc(NC(=O)[C@@H]4[C@H](N5CCCCC5)CCN4C(=O)C4CCC([C@@H](CF)NC(=O)OC(C)(C)C)CC4)ccc3n21. The third kappa shape index (κ3) is 7.09. The fourth-order valence-corrected chi connectivity index (χ4v) is 8.80. The van der Waals surface area contributed by atoms with Crippen LogP contribution in [0.25, 0.3) is 10.9 Å². The Morgan fingerprint density at radius 3 is 2.34 bits per heavy atom. The summed E-state index contributed by atoms with van der Waals surface area (Å²) in [5, 5.41) is 6.69. The normalized spacial score (nSPS) is 26.0. The molecule has 2 aromatic rings. The molecule has 0 spiro atoms. The molecule has 1 aromatic heterocycles. The number of esters is 1. The summed E-state index contributed by atoms with van der Waals surface area (Å²) in [6.07, 6.45) is 7.07. The molecule has 11 nitrogen and oxygen atoms in total. The monoisotopic (exact) mass is 695 g/mol. The zero-order valence-corrected chi connectivity index (χ0v) is 30.3. The van der Waals surface area contributed by atoms with E-state index in [1.165, 1.54) is 6.42 Å². The van der Waals surface area contributed by atoms with Crippen LogP contribution in [0.3, 0.4) is 0 Å². The summed E-state index contributed by atoms with van der Waals surface area (Å²) in [4.78, 5) is 57.8. The summed E-state index contributed by atoms with van der Waals surface area (Å²) >= 11 is 0. The first kappa shape index (κ1) is 36.1. The summed E-state index contributed by atoms with van der Waals surface area (Å²) in [6, 6.07) is 6.13. The van der Waals surface area contributed by atoms with Crippen LogP contribution in [0.1, 0.15) is 109 Å². The predicted octanol–water partition coefficient (Wildman–Crippen LogP) is 6.35. The van der Waals surface area contributed by atoms with Gasteiger partial charge in [0.05, 0.1) is 11.6 Å². The van der Waals surface area contributed by atoms with Crippen molar-refractivity contribution >= 4 is 40.5 Å². The topological polar surface area (TPSA) is 122 Å². The molecule has 3 amide bonds. The molecule has 12 heteroatoms. The van der Waals surface area contributed by atoms with Gasteiger partial charge in [0.1, 0.15) is 24.0 Å². The number of alkyl carbamates (subject to hydrolysis) is 1. The number of hydrogen-bond acceptors (Lipinski definition) is 7. The van der Waals surface area contributed by atoms with Crippen LogP contribution in [-0.4, -0.2) is 88.3 Å². The van der Waals surface area contributed by atoms with Crippen LogP contribution in [0.4, 0.5) is 14.9 Å². The summed E-state index contributed by atoms with van der Waals surface area (Å²) in [5.74, 6) is -0.925. The Hall–Kier alpha value is -3.67. The Kier molecular flexibility index (Phi) is 10.5. The van der Waals surface area contributed by atoms with Crippen molar-refractivity contribution in [3.05, 3.63) is 30.0 Å². The quantitative estimate of drug-likeness (QED) is 0.294. The fraction of sp³-hybridized carbons (Fsp3) is 0.684. The standard InChI is InChI=1S/C38H54FN5O6/c1-6-38(7-2)44-29-16-15-27(21-26(29)22-31(44)35(47)49-38)40-33(45)32-30(42-18-9-8-10-19-42)17-20-43(32)34(46)25-13-11-24(12-14-25)28(23-39)41-36(48)50-37(3,4)5/h15-16,21-22,24-25,28,30,32H,6-14,17-20,23H2,1-5H3,(H,40,45)(H,41,48)/t24?,25?,28-,30-,32+/m1/s1. The second-order valence-electron chi connectivity index (χ2n) is 15.6. The van der Waals surface area contributed by atoms with Crippen LogP contribution >= 0.6 is 0 Å². The number of cyclic esters (lactones) is 1. The highest BCUT2D eigenvalue weighted by Gasteiger charge is 2.47. The molecule has 50 heavy (non-hydrogen) atoms. The Morgan fingerprint density at radius 1 is 1.00 bits per heavy atom. The number of nitrogens with zero attached hydrogens (tertiary/aromatic N) is 3. The van der Waals surface area contributed by atoms with E-state index in [9.17, 15) is 23.6 Å². The van der Waals surface area contributed by atoms with Crippen LogP contribution in [0.15, 0.2) is 24.3 Å². The summed E-state index contributed by atoms with van der Waals surface area (Å²) in [7, 11) is 0. The molecule has 1 aromatic carbocycles. The lowest BCUT2D eigenvalue weighted by Gasteiger charge is -2.38. The molecule has 4 aliphatic rings. The predicted molar refractivity (Wildman–Crippen MR) is 188 cm³/mol. The molecule has 3 atom stereocenters. The molecule has 3 aliphatic heterocycles. The molecule has 3 fully saturated rings. The van der Waals surface area contributed by atoms with Crippen molar-refractivity contribution in [2.45, 2.75) is 128 Å². The number of carbonyl (C=O) groups is 4. The maximum absolute atomic E-state index is 14.3. The number of anilines is 1. The first-order chi connectivity index (χ1) is 23.9. The van der Waals surface area contributed by atoms with E-state index in [-0.39, 0.29) is 35.7 Å². The minimum absolute atomic E-state index is 0.0201. The lowest BCUT2D eigenvalue weighted by Crippen LogP contribution is -2.55. The van der Waals surface area contributed by atoms with E-state index in [2.05, 4.69) is 15.5 Å². The van der Waals surface area contributed by atoms with Crippen LogP contribution in [0, 0.1) is 11.8 Å². The third-order valence-corrected chi connectivity index (χ3v) is 11.4. The number of aromatic nitrogens is 1. The second kappa shape index (κ2) is 14.5. The van der Waals surface area contributed by atoms with Gasteiger partial charge in [-0.15, -0.1) is 0 Å². The van der Waals surface area contributed by atoms with Gasteiger partial charge in [0.25, 0.3) is 0 Å². The summed E-state index contributed by atoms with van der Waals surface area (Å²) < 4.78 is 27.2. The molecule has 6 rings (SSSR count). The average molecular weight is 696 g/mol. The highest BCUT2D eigenvalue weighted by molar-refractivity contribution is 6.02. The average Bonchev–Trinajstić information content (AvgIpc) is 3.79. The lowest BCUT2D eigenvalue weighted by atomic mass is 9.78. The molecule has 0 bridgehead atoms. The zero-order chi connectivity index (χ0) is 35.8. The van der Waals surface area contributed by atoms with Gasteiger partial charge in [0.15, 0.2) is 5.72 Å². The third-order valence-electron chi connectivity index (χ3n) is 11.4. The van der Waals surface area contributed by atoms with E-state index in [0.717, 1.165) is 43.3 Å². The van der Waals surface area contributed by atoms with Gasteiger partial charge in [-0.05, 0) is 109 Å². The van der Waals surface area contributed by atoms with Crippen molar-refractivity contribution in [3.63, 3.8) is 0 Å². The van der Waals surface area contributed by atoms with Crippen molar-refractivity contribution in [2.24, 2.45) is 11.8 Å². The van der Waals surface area contributed by atoms with Gasteiger partial charge in [-0.2, -0.15) is 0 Å². The number of likely N-dealkylation sites (tertiary alicyclic amines) is 2. The lowest BCUT2D eigenvalue weighted by molar-refractivity contribution is -0.142. The van der Waals surface area contributed by atoms with Gasteiger partial charge in [-0.3, -0.25) is 19.1 Å². The fourth-order valence-electron chi connectivity index (χ4n) is 8.80. The van der Waals surface area contributed by atoms with Crippen molar-refractivity contribution in [1.29, 1.82) is 0 Å². The number of rotatable bonds is 9. The number of carbonyl (C=O) groups excluding carboxylic acids is 4. The largest absolute Gasteiger partial charge is 0.444 e. The number of ether oxygens (including phenoxy) is 2. The van der Waals surface area contributed by atoms with Crippen LogP contribution < -0.4 is 10.6 Å². The summed E-state index contributed by atoms with van der Waals surface area (Å²) in [5.41, 5.74) is 0.611. The van der Waals surface area contributed by atoms with Gasteiger partial charge in [-0.1, -0.05) is 20.3 Å². The number of fused-ring (bicyclic) bond motifs is 3. The molecular formula is C38H54FN5O6. The Bertz CT molecular complexity index is 1580. The molecule has 2 N–H and O–H groups in total. The Morgan fingerprint density at radius 2 is 1.70 bits per heavy atom. The van der Waals surface area contributed by atoms with Gasteiger partial charge in [0.2, 0.25) is 11.8 Å². The van der Waals surface area contributed by atoms with Gasteiger partial charge >= 0.3 is 12.1 Å². The van der Waals surface area contributed by atoms with Crippen molar-refractivity contribution in [2.75, 3.05) is 31.6 Å². The molecule has 0 radical (unpaired) electrons. The van der Waals surface area contributed by atoms with E-state index < -0.39 is 36.2 Å². The van der Waals surface area contributed by atoms with Crippen LogP contribution in [-0.2, 0) is 24.8 Å². The van der Waals surface area contributed by atoms with Crippen molar-refractivity contribution in [3.8, 4) is 0 Å². The van der Waals surface area contributed by atoms with Crippen LogP contribution in [0.5, 0.6) is 0 Å². The minimum Gasteiger partial charge on any atom is -0.444 e. The number of benzene rings is 1. The number of halogens is 1. The van der Waals surface area contributed by atoms with E-state index >= 15 is 0 Å². The number of nitrogens with one attached hydrogen (secondary N) is 2. The molecule has 1 aliphatic carbocycles. The van der Waals surface area contributed by atoms with E-state index in [4.69, 9.17) is 9.47 Å². The Balaban J connectivity index is 1.17. The van der Waals surface area contributed by atoms with Gasteiger partial charge in [-0.25, -0.2) is 14.0 Å². The van der Waals surface area contributed by atoms with Gasteiger partial charge < -0.3 is 25.0 Å². The molecular weight excluding hydrogens is 641 g/mol. The highest BCUT2D eigenvalue weighted by Crippen LogP contribution is 2.41. The number of alkyl halides is 1. The second-order valence-corrected chi connectivity index (χ2v) is 15.6. The van der Waals surface area contributed by atoms with Gasteiger partial charge in [0, 0.05) is 42.4 Å². The Labute approximate surface area is 294 Å². The summed E-state index contributed by atoms with van der Waals surface area (Å²) in [6.45, 7) is 10.9. The highest BCUT2D eigenvalue weighted by atomic mass is 19.1. The van der Waals surface area contributed by atoms with E-state index in [0.29, 0.717) is 56.5 Å². The van der Waals surface area contributed by atoms with Crippen LogP contribution in [0.2, 0.25) is 0 Å². The van der Waals surface area contributed by atoms with Crippen molar-refractivity contribution in [1.82, 2.24) is 19.7 Å². The zero-order valence-electron chi connectivity index (χ0n) is 30.3. The molecule has 1 saturated carbocycles. The number of hydrogen-bond donors (Lipinski definition) is 2. The molecule has 2 saturated heterocycles. The first-order valence-electron chi connectivity index (χ1n) is 18.7. The molecule has 274 valence electrons.